The largest absolute Gasteiger partial charge is 0.475 e. The Morgan fingerprint density at radius 3 is 2.89 bits per heavy atom. The highest BCUT2D eigenvalue weighted by Crippen LogP contribution is 2.08. The van der Waals surface area contributed by atoms with E-state index in [4.69, 9.17) is 5.11 Å². The highest BCUT2D eigenvalue weighted by molar-refractivity contribution is 7.09. The van der Waals surface area contributed by atoms with Crippen molar-refractivity contribution in [2.24, 2.45) is 0 Å². The molecular weight excluding hydrogens is 270 g/mol. The minimum absolute atomic E-state index is 0.0484. The summed E-state index contributed by atoms with van der Waals surface area (Å²) in [5.41, 5.74) is 0.904. The molecule has 1 amide bonds. The van der Waals surface area contributed by atoms with Gasteiger partial charge in [-0.2, -0.15) is 0 Å². The number of carboxylic acid groups (broad SMARTS) is 1. The zero-order valence-corrected chi connectivity index (χ0v) is 10.9. The highest BCUT2D eigenvalue weighted by atomic mass is 32.1. The second-order valence-corrected chi connectivity index (χ2v) is 4.71. The van der Waals surface area contributed by atoms with E-state index in [0.717, 1.165) is 16.8 Å². The number of hydrogen-bond donors (Lipinski definition) is 2. The first-order chi connectivity index (χ1) is 9.06. The minimum Gasteiger partial charge on any atom is -0.475 e. The molecule has 0 saturated heterocycles. The van der Waals surface area contributed by atoms with Crippen LogP contribution in [0.15, 0.2) is 16.0 Å². The average molecular weight is 281 g/mol. The molecule has 0 atom stereocenters. The van der Waals surface area contributed by atoms with E-state index in [1.807, 2.05) is 12.3 Å². The Balaban J connectivity index is 1.85. The maximum Gasteiger partial charge on any atom is 0.374 e. The molecule has 2 aromatic heterocycles. The van der Waals surface area contributed by atoms with Crippen LogP contribution in [0, 0.1) is 6.92 Å². The van der Waals surface area contributed by atoms with E-state index >= 15 is 0 Å². The van der Waals surface area contributed by atoms with Gasteiger partial charge in [0, 0.05) is 30.1 Å². The lowest BCUT2D eigenvalue weighted by Crippen LogP contribution is -2.25. The van der Waals surface area contributed by atoms with Gasteiger partial charge in [0.05, 0.1) is 5.01 Å². The SMILES string of the molecule is Cc1csc(CCNC(=O)c2cc(C(=O)O)on2)n1. The standard InChI is InChI=1S/C11H11N3O4S/c1-6-5-19-9(13-6)2-3-12-10(15)7-4-8(11(16)17)18-14-7/h4-5H,2-3H2,1H3,(H,12,15)(H,16,17). The fourth-order valence-electron chi connectivity index (χ4n) is 1.37. The normalized spacial score (nSPS) is 10.4. The van der Waals surface area contributed by atoms with Crippen molar-refractivity contribution in [1.29, 1.82) is 0 Å². The van der Waals surface area contributed by atoms with Gasteiger partial charge in [-0.25, -0.2) is 9.78 Å². The number of aromatic carboxylic acids is 1. The Bertz CT molecular complexity index is 605. The number of aryl methyl sites for hydroxylation is 1. The van der Waals surface area contributed by atoms with E-state index in [-0.39, 0.29) is 11.5 Å². The van der Waals surface area contributed by atoms with Crippen LogP contribution in [0.25, 0.3) is 0 Å². The molecule has 2 N–H and O–H groups in total. The third kappa shape index (κ3) is 3.38. The van der Waals surface area contributed by atoms with Crippen LogP contribution < -0.4 is 5.32 Å². The number of carbonyl (C=O) groups is 2. The van der Waals surface area contributed by atoms with E-state index in [9.17, 15) is 9.59 Å². The first-order valence-electron chi connectivity index (χ1n) is 5.45. The molecule has 0 bridgehead atoms. The first-order valence-corrected chi connectivity index (χ1v) is 6.33. The Hall–Kier alpha value is -2.22. The monoisotopic (exact) mass is 281 g/mol. The van der Waals surface area contributed by atoms with Crippen LogP contribution in [0.1, 0.15) is 31.7 Å². The maximum absolute atomic E-state index is 11.6. The molecule has 0 aliphatic heterocycles. The number of aromatic nitrogens is 2. The van der Waals surface area contributed by atoms with Crippen LogP contribution in [-0.4, -0.2) is 33.7 Å². The molecule has 7 nitrogen and oxygen atoms in total. The van der Waals surface area contributed by atoms with Gasteiger partial charge in [0.15, 0.2) is 5.69 Å². The van der Waals surface area contributed by atoms with Crippen LogP contribution >= 0.6 is 11.3 Å². The van der Waals surface area contributed by atoms with Gasteiger partial charge in [-0.1, -0.05) is 5.16 Å². The van der Waals surface area contributed by atoms with Crippen LogP contribution in [-0.2, 0) is 6.42 Å². The summed E-state index contributed by atoms with van der Waals surface area (Å²) in [5.74, 6) is -2.09. The van der Waals surface area contributed by atoms with Crippen molar-refractivity contribution in [2.45, 2.75) is 13.3 Å². The Morgan fingerprint density at radius 1 is 1.53 bits per heavy atom. The highest BCUT2D eigenvalue weighted by Gasteiger charge is 2.16. The molecular formula is C11H11N3O4S. The molecule has 19 heavy (non-hydrogen) atoms. The number of carbonyl (C=O) groups excluding carboxylic acids is 1. The summed E-state index contributed by atoms with van der Waals surface area (Å²) in [4.78, 5) is 26.5. The van der Waals surface area contributed by atoms with E-state index in [0.29, 0.717) is 13.0 Å². The smallest absolute Gasteiger partial charge is 0.374 e. The van der Waals surface area contributed by atoms with Gasteiger partial charge in [-0.15, -0.1) is 11.3 Å². The molecule has 0 fully saturated rings. The third-order valence-corrected chi connectivity index (χ3v) is 3.27. The van der Waals surface area contributed by atoms with Crippen molar-refractivity contribution >= 4 is 23.2 Å². The van der Waals surface area contributed by atoms with E-state index in [2.05, 4.69) is 20.0 Å². The molecule has 0 aromatic carbocycles. The summed E-state index contributed by atoms with van der Waals surface area (Å²) in [7, 11) is 0. The molecule has 0 unspecified atom stereocenters. The molecule has 0 aliphatic carbocycles. The topological polar surface area (TPSA) is 105 Å². The predicted octanol–water partition coefficient (Wildman–Crippen LogP) is 1.11. The van der Waals surface area contributed by atoms with Crippen molar-refractivity contribution in [3.8, 4) is 0 Å². The quantitative estimate of drug-likeness (QED) is 0.850. The number of rotatable bonds is 5. The number of hydrogen-bond acceptors (Lipinski definition) is 6. The molecule has 0 saturated carbocycles. The number of nitrogens with zero attached hydrogens (tertiary/aromatic N) is 2. The van der Waals surface area contributed by atoms with E-state index < -0.39 is 11.9 Å². The summed E-state index contributed by atoms with van der Waals surface area (Å²) >= 11 is 1.53. The van der Waals surface area contributed by atoms with E-state index in [1.54, 1.807) is 0 Å². The maximum atomic E-state index is 11.6. The lowest BCUT2D eigenvalue weighted by Gasteiger charge is -1.99. The molecule has 0 aliphatic rings. The van der Waals surface area contributed by atoms with Gasteiger partial charge in [0.25, 0.3) is 5.91 Å². The van der Waals surface area contributed by atoms with Crippen LogP contribution in [0.5, 0.6) is 0 Å². The Morgan fingerprint density at radius 2 is 2.32 bits per heavy atom. The van der Waals surface area contributed by atoms with Crippen LogP contribution in [0.2, 0.25) is 0 Å². The zero-order chi connectivity index (χ0) is 13.8. The summed E-state index contributed by atoms with van der Waals surface area (Å²) < 4.78 is 4.49. The van der Waals surface area contributed by atoms with E-state index in [1.165, 1.54) is 11.3 Å². The number of nitrogens with one attached hydrogen (secondary N) is 1. The lowest BCUT2D eigenvalue weighted by molar-refractivity contribution is 0.0651. The van der Waals surface area contributed by atoms with Crippen molar-refractivity contribution in [2.75, 3.05) is 6.54 Å². The second kappa shape index (κ2) is 5.61. The number of thiazole rings is 1. The summed E-state index contributed by atoms with van der Waals surface area (Å²) in [6.07, 6.45) is 0.619. The minimum atomic E-state index is -1.26. The van der Waals surface area contributed by atoms with Gasteiger partial charge in [0.1, 0.15) is 0 Å². The van der Waals surface area contributed by atoms with Gasteiger partial charge >= 0.3 is 5.97 Å². The van der Waals surface area contributed by atoms with Crippen LogP contribution in [0.4, 0.5) is 0 Å². The molecule has 0 spiro atoms. The zero-order valence-electron chi connectivity index (χ0n) is 10.0. The Kier molecular flexibility index (Phi) is 3.91. The Labute approximate surface area is 112 Å². The second-order valence-electron chi connectivity index (χ2n) is 3.77. The fraction of sp³-hybridized carbons (Fsp3) is 0.273. The van der Waals surface area contributed by atoms with Crippen molar-refractivity contribution in [3.63, 3.8) is 0 Å². The number of amides is 1. The van der Waals surface area contributed by atoms with Gasteiger partial charge < -0.3 is 14.9 Å². The van der Waals surface area contributed by atoms with Crippen molar-refractivity contribution in [1.82, 2.24) is 15.5 Å². The fourth-order valence-corrected chi connectivity index (χ4v) is 2.15. The first kappa shape index (κ1) is 13.2. The van der Waals surface area contributed by atoms with Gasteiger partial charge in [-0.05, 0) is 6.92 Å². The molecule has 100 valence electrons. The molecule has 8 heteroatoms. The molecule has 2 aromatic rings. The summed E-state index contributed by atoms with van der Waals surface area (Å²) in [6, 6.07) is 1.09. The van der Waals surface area contributed by atoms with Crippen molar-refractivity contribution in [3.05, 3.63) is 33.6 Å². The van der Waals surface area contributed by atoms with Gasteiger partial charge in [0.2, 0.25) is 5.76 Å². The third-order valence-electron chi connectivity index (χ3n) is 2.24. The van der Waals surface area contributed by atoms with Crippen molar-refractivity contribution < 1.29 is 19.2 Å². The molecule has 0 radical (unpaired) electrons. The predicted molar refractivity (Wildman–Crippen MR) is 66.4 cm³/mol. The van der Waals surface area contributed by atoms with Crippen LogP contribution in [0.3, 0.4) is 0 Å². The molecule has 2 rings (SSSR count). The summed E-state index contributed by atoms with van der Waals surface area (Å²) in [5, 5.41) is 17.5. The summed E-state index contributed by atoms with van der Waals surface area (Å²) in [6.45, 7) is 2.31. The lowest BCUT2D eigenvalue weighted by atomic mass is 10.3. The molecule has 2 heterocycles. The van der Waals surface area contributed by atoms with Gasteiger partial charge in [-0.3, -0.25) is 4.79 Å². The number of carboxylic acids is 1. The average Bonchev–Trinajstić information content (AvgIpc) is 2.98.